The Hall–Kier alpha value is -4.50. The highest BCUT2D eigenvalue weighted by Crippen LogP contribution is 2.26. The summed E-state index contributed by atoms with van der Waals surface area (Å²) in [7, 11) is 0. The van der Waals surface area contributed by atoms with Gasteiger partial charge in [0.15, 0.2) is 0 Å². The van der Waals surface area contributed by atoms with E-state index in [0.717, 1.165) is 17.8 Å². The maximum Gasteiger partial charge on any atom is 0.261 e. The number of nitrogens with two attached hydrogens (primary N) is 1. The average Bonchev–Trinajstić information content (AvgIpc) is 3.43. The predicted molar refractivity (Wildman–Crippen MR) is 132 cm³/mol. The van der Waals surface area contributed by atoms with Crippen molar-refractivity contribution in [2.75, 3.05) is 12.3 Å². The number of benzene rings is 2. The van der Waals surface area contributed by atoms with Crippen molar-refractivity contribution < 1.29 is 14.0 Å². The molecule has 0 atom stereocenters. The minimum absolute atomic E-state index is 0.0761. The summed E-state index contributed by atoms with van der Waals surface area (Å²) >= 11 is 0. The lowest BCUT2D eigenvalue weighted by molar-refractivity contribution is 0.0630. The van der Waals surface area contributed by atoms with Crippen LogP contribution in [-0.4, -0.2) is 38.1 Å². The Morgan fingerprint density at radius 2 is 1.56 bits per heavy atom. The Kier molecular flexibility index (Phi) is 5.26. The highest BCUT2D eigenvalue weighted by molar-refractivity contribution is 6.21. The van der Waals surface area contributed by atoms with Crippen molar-refractivity contribution in [3.05, 3.63) is 105 Å². The molecule has 3 N–H and O–H groups in total. The van der Waals surface area contributed by atoms with Gasteiger partial charge in [-0.1, -0.05) is 12.1 Å². The fourth-order valence-electron chi connectivity index (χ4n) is 4.74. The zero-order chi connectivity index (χ0) is 24.8. The minimum Gasteiger partial charge on any atom is -0.463 e. The second-order valence-electron chi connectivity index (χ2n) is 9.03. The molecule has 2 aliphatic heterocycles. The summed E-state index contributed by atoms with van der Waals surface area (Å²) in [6.45, 7) is 1.75. The second-order valence-corrected chi connectivity index (χ2v) is 9.03. The standard InChI is InChI=1S/C27H23N5O4/c28-17-7-5-16(6-8-17)24-29-23-11-12-31(15-22(23)25(33)30-24)13-18-9-10-19(36-18)14-32-26(34)20-3-1-2-4-21(20)27(32)35/h1-10H,11-15,28H2,(H,29,30,33). The molecule has 2 aliphatic rings. The largest absolute Gasteiger partial charge is 0.463 e. The number of nitrogens with one attached hydrogen (secondary N) is 1. The van der Waals surface area contributed by atoms with Gasteiger partial charge in [-0.2, -0.15) is 0 Å². The number of aromatic amines is 1. The van der Waals surface area contributed by atoms with E-state index in [1.54, 1.807) is 42.5 Å². The van der Waals surface area contributed by atoms with Crippen LogP contribution in [0.25, 0.3) is 11.4 Å². The Balaban J connectivity index is 1.14. The van der Waals surface area contributed by atoms with Crippen molar-refractivity contribution in [2.45, 2.75) is 26.1 Å². The number of fused-ring (bicyclic) bond motifs is 2. The van der Waals surface area contributed by atoms with E-state index >= 15 is 0 Å². The van der Waals surface area contributed by atoms with Crippen molar-refractivity contribution in [3.8, 4) is 11.4 Å². The molecule has 4 heterocycles. The number of carbonyl (C=O) groups excluding carboxylic acids is 2. The van der Waals surface area contributed by atoms with E-state index in [1.165, 1.54) is 4.90 Å². The molecule has 9 nitrogen and oxygen atoms in total. The zero-order valence-electron chi connectivity index (χ0n) is 19.4. The van der Waals surface area contributed by atoms with E-state index in [4.69, 9.17) is 15.1 Å². The molecule has 2 aromatic carbocycles. The smallest absolute Gasteiger partial charge is 0.261 e. The number of nitrogen functional groups attached to an aromatic ring is 1. The lowest BCUT2D eigenvalue weighted by Crippen LogP contribution is -2.35. The molecule has 0 unspecified atom stereocenters. The van der Waals surface area contributed by atoms with Gasteiger partial charge < -0.3 is 15.1 Å². The fraction of sp³-hybridized carbons (Fsp3) is 0.185. The molecule has 2 aromatic heterocycles. The average molecular weight is 482 g/mol. The molecule has 36 heavy (non-hydrogen) atoms. The van der Waals surface area contributed by atoms with Crippen LogP contribution in [0.4, 0.5) is 5.69 Å². The van der Waals surface area contributed by atoms with Crippen LogP contribution in [0.1, 0.15) is 43.5 Å². The number of aromatic nitrogens is 2. The van der Waals surface area contributed by atoms with E-state index in [0.29, 0.717) is 59.2 Å². The van der Waals surface area contributed by atoms with Crippen molar-refractivity contribution in [2.24, 2.45) is 0 Å². The molecular formula is C27H23N5O4. The molecule has 180 valence electrons. The van der Waals surface area contributed by atoms with Gasteiger partial charge in [-0.25, -0.2) is 4.98 Å². The van der Waals surface area contributed by atoms with Crippen LogP contribution in [0.15, 0.2) is 69.9 Å². The third-order valence-electron chi connectivity index (χ3n) is 6.62. The summed E-state index contributed by atoms with van der Waals surface area (Å²) in [5.74, 6) is 1.14. The van der Waals surface area contributed by atoms with Crippen molar-refractivity contribution in [3.63, 3.8) is 0 Å². The van der Waals surface area contributed by atoms with Crippen LogP contribution < -0.4 is 11.3 Å². The minimum atomic E-state index is -0.314. The highest BCUT2D eigenvalue weighted by Gasteiger charge is 2.35. The van der Waals surface area contributed by atoms with Crippen LogP contribution >= 0.6 is 0 Å². The van der Waals surface area contributed by atoms with Crippen LogP contribution in [0.3, 0.4) is 0 Å². The van der Waals surface area contributed by atoms with Crippen molar-refractivity contribution in [1.82, 2.24) is 19.8 Å². The number of anilines is 1. The maximum atomic E-state index is 12.8. The molecule has 0 aliphatic carbocycles. The maximum absolute atomic E-state index is 12.8. The molecule has 0 bridgehead atoms. The summed E-state index contributed by atoms with van der Waals surface area (Å²) in [5.41, 5.74) is 9.36. The van der Waals surface area contributed by atoms with Crippen molar-refractivity contribution >= 4 is 17.5 Å². The lowest BCUT2D eigenvalue weighted by atomic mass is 10.1. The molecule has 0 fully saturated rings. The number of hydrogen-bond donors (Lipinski definition) is 2. The predicted octanol–water partition coefficient (Wildman–Crippen LogP) is 2.97. The first-order valence-electron chi connectivity index (χ1n) is 11.7. The first-order chi connectivity index (χ1) is 17.5. The molecule has 2 amide bonds. The molecule has 6 rings (SSSR count). The number of hydrogen-bond acceptors (Lipinski definition) is 7. The number of amides is 2. The van der Waals surface area contributed by atoms with Gasteiger partial charge in [0.1, 0.15) is 17.3 Å². The Morgan fingerprint density at radius 1 is 0.889 bits per heavy atom. The molecule has 0 saturated heterocycles. The van der Waals surface area contributed by atoms with E-state index < -0.39 is 0 Å². The third-order valence-corrected chi connectivity index (χ3v) is 6.62. The summed E-state index contributed by atoms with van der Waals surface area (Å²) in [6.07, 6.45) is 0.643. The molecule has 4 aromatic rings. The lowest BCUT2D eigenvalue weighted by Gasteiger charge is -2.26. The topological polar surface area (TPSA) is 126 Å². The second kappa shape index (κ2) is 8.62. The van der Waals surface area contributed by atoms with Gasteiger partial charge in [0, 0.05) is 30.8 Å². The number of furan rings is 1. The van der Waals surface area contributed by atoms with Crippen molar-refractivity contribution in [1.29, 1.82) is 0 Å². The Morgan fingerprint density at radius 3 is 2.25 bits per heavy atom. The molecule has 0 radical (unpaired) electrons. The molecule has 0 spiro atoms. The quantitative estimate of drug-likeness (QED) is 0.332. The monoisotopic (exact) mass is 481 g/mol. The summed E-state index contributed by atoms with van der Waals surface area (Å²) in [5, 5.41) is 0. The number of H-pyrrole nitrogens is 1. The van der Waals surface area contributed by atoms with Gasteiger partial charge in [-0.3, -0.25) is 24.2 Å². The van der Waals surface area contributed by atoms with Gasteiger partial charge in [-0.05, 0) is 48.5 Å². The first kappa shape index (κ1) is 22.0. The van der Waals surface area contributed by atoms with Crippen LogP contribution in [0.2, 0.25) is 0 Å². The highest BCUT2D eigenvalue weighted by atomic mass is 16.3. The normalized spacial score (nSPS) is 15.3. The third kappa shape index (κ3) is 3.89. The molecule has 9 heteroatoms. The van der Waals surface area contributed by atoms with Crippen LogP contribution in [-0.2, 0) is 26.1 Å². The Labute approximate surface area is 206 Å². The van der Waals surface area contributed by atoms with Gasteiger partial charge in [0.05, 0.1) is 35.5 Å². The van der Waals surface area contributed by atoms with E-state index in [1.807, 2.05) is 18.2 Å². The number of carbonyl (C=O) groups is 2. The summed E-state index contributed by atoms with van der Waals surface area (Å²) < 4.78 is 5.95. The number of rotatable bonds is 5. The summed E-state index contributed by atoms with van der Waals surface area (Å²) in [4.78, 5) is 49.0. The van der Waals surface area contributed by atoms with E-state index in [2.05, 4.69) is 9.88 Å². The van der Waals surface area contributed by atoms with Crippen LogP contribution in [0.5, 0.6) is 0 Å². The first-order valence-corrected chi connectivity index (χ1v) is 11.7. The van der Waals surface area contributed by atoms with E-state index in [9.17, 15) is 14.4 Å². The van der Waals surface area contributed by atoms with E-state index in [-0.39, 0.29) is 23.9 Å². The van der Waals surface area contributed by atoms with Gasteiger partial charge in [-0.15, -0.1) is 0 Å². The zero-order valence-corrected chi connectivity index (χ0v) is 19.4. The summed E-state index contributed by atoms with van der Waals surface area (Å²) in [6, 6.07) is 17.7. The molecule has 0 saturated carbocycles. The molecular weight excluding hydrogens is 458 g/mol. The Bertz CT molecular complexity index is 1520. The van der Waals surface area contributed by atoms with Gasteiger partial charge in [0.2, 0.25) is 0 Å². The number of imide groups is 1. The van der Waals surface area contributed by atoms with Gasteiger partial charge in [0.25, 0.3) is 17.4 Å². The van der Waals surface area contributed by atoms with Crippen LogP contribution in [0, 0.1) is 0 Å². The SMILES string of the molecule is Nc1ccc(-c2nc3c(c(=O)[nH]2)CN(Cc2ccc(CN4C(=O)c5ccccc5C4=O)o2)CC3)cc1. The fourth-order valence-corrected chi connectivity index (χ4v) is 4.74. The van der Waals surface area contributed by atoms with Gasteiger partial charge >= 0.3 is 0 Å². The number of nitrogens with zero attached hydrogens (tertiary/aromatic N) is 3.